The summed E-state index contributed by atoms with van der Waals surface area (Å²) in [5.74, 6) is -0.0703. The Morgan fingerprint density at radius 1 is 1.43 bits per heavy atom. The van der Waals surface area contributed by atoms with Crippen LogP contribution in [0.4, 0.5) is 5.69 Å². The summed E-state index contributed by atoms with van der Waals surface area (Å²) in [5.41, 5.74) is 8.60. The number of nitrogens with zero attached hydrogens (tertiary/aromatic N) is 4. The molecule has 0 radical (unpaired) electrons. The molecule has 0 bridgehead atoms. The summed E-state index contributed by atoms with van der Waals surface area (Å²) in [6.07, 6.45) is 4.36. The van der Waals surface area contributed by atoms with E-state index in [4.69, 9.17) is 5.73 Å². The molecule has 3 rings (SSSR count). The van der Waals surface area contributed by atoms with E-state index < -0.39 is 0 Å². The number of hydrogen-bond acceptors (Lipinski definition) is 5. The topological polar surface area (TPSA) is 98.7 Å². The van der Waals surface area contributed by atoms with E-state index in [-0.39, 0.29) is 17.9 Å². The molecule has 1 aliphatic carbocycles. The Morgan fingerprint density at radius 2 is 2.29 bits per heavy atom. The molecule has 21 heavy (non-hydrogen) atoms. The second-order valence-electron chi connectivity index (χ2n) is 5.45. The van der Waals surface area contributed by atoms with Crippen LogP contribution in [0.25, 0.3) is 5.69 Å². The van der Waals surface area contributed by atoms with Crippen molar-refractivity contribution in [3.05, 3.63) is 30.1 Å². The van der Waals surface area contributed by atoms with Crippen molar-refractivity contribution in [1.82, 2.24) is 20.2 Å². The molecule has 2 aromatic rings. The highest BCUT2D eigenvalue weighted by atomic mass is 16.1. The fraction of sp³-hybridized carbons (Fsp3) is 0.429. The second kappa shape index (κ2) is 5.61. The minimum absolute atomic E-state index is 0.00886. The maximum Gasteiger partial charge on any atom is 0.229 e. The van der Waals surface area contributed by atoms with E-state index in [1.807, 2.05) is 25.1 Å². The normalized spacial score (nSPS) is 21.4. The van der Waals surface area contributed by atoms with E-state index in [9.17, 15) is 4.79 Å². The third-order valence-corrected chi connectivity index (χ3v) is 3.97. The monoisotopic (exact) mass is 286 g/mol. The Hall–Kier alpha value is -2.28. The van der Waals surface area contributed by atoms with Crippen LogP contribution in [0, 0.1) is 12.8 Å². The Morgan fingerprint density at radius 3 is 2.90 bits per heavy atom. The number of carbonyl (C=O) groups excluding carboxylic acids is 1. The van der Waals surface area contributed by atoms with E-state index in [2.05, 4.69) is 20.8 Å². The zero-order valence-electron chi connectivity index (χ0n) is 11.9. The molecule has 3 N–H and O–H groups in total. The van der Waals surface area contributed by atoms with Gasteiger partial charge in [-0.1, -0.05) is 6.42 Å². The van der Waals surface area contributed by atoms with Crippen LogP contribution >= 0.6 is 0 Å². The summed E-state index contributed by atoms with van der Waals surface area (Å²) in [6, 6.07) is 5.62. The Balaban J connectivity index is 1.75. The van der Waals surface area contributed by atoms with Crippen molar-refractivity contribution in [3.8, 4) is 5.69 Å². The van der Waals surface area contributed by atoms with Gasteiger partial charge in [-0.15, -0.1) is 5.10 Å². The number of hydrogen-bond donors (Lipinski definition) is 2. The molecule has 110 valence electrons. The van der Waals surface area contributed by atoms with Crippen LogP contribution in [0.1, 0.15) is 24.8 Å². The number of tetrazole rings is 1. The summed E-state index contributed by atoms with van der Waals surface area (Å²) in [5, 5.41) is 14.1. The molecule has 1 fully saturated rings. The number of aromatic nitrogens is 4. The van der Waals surface area contributed by atoms with Gasteiger partial charge in [0.25, 0.3) is 0 Å². The van der Waals surface area contributed by atoms with Crippen LogP contribution in [-0.2, 0) is 4.79 Å². The Bertz CT molecular complexity index is 639. The van der Waals surface area contributed by atoms with Gasteiger partial charge in [0, 0.05) is 11.7 Å². The molecular weight excluding hydrogens is 268 g/mol. The Labute approximate surface area is 122 Å². The molecule has 2 atom stereocenters. The van der Waals surface area contributed by atoms with Crippen molar-refractivity contribution in [2.75, 3.05) is 5.32 Å². The summed E-state index contributed by atoms with van der Waals surface area (Å²) in [7, 11) is 0. The van der Waals surface area contributed by atoms with E-state index in [1.54, 1.807) is 4.68 Å². The lowest BCUT2D eigenvalue weighted by Gasteiger charge is -2.16. The summed E-state index contributed by atoms with van der Waals surface area (Å²) < 4.78 is 1.59. The van der Waals surface area contributed by atoms with E-state index in [1.165, 1.54) is 6.33 Å². The molecule has 1 amide bonds. The molecule has 1 saturated carbocycles. The molecule has 0 saturated heterocycles. The predicted octanol–water partition coefficient (Wildman–Crippen LogP) is 1.04. The lowest BCUT2D eigenvalue weighted by molar-refractivity contribution is -0.120. The first-order valence-corrected chi connectivity index (χ1v) is 7.05. The average Bonchev–Trinajstić information content (AvgIpc) is 3.10. The zero-order chi connectivity index (χ0) is 14.8. The van der Waals surface area contributed by atoms with Crippen molar-refractivity contribution in [2.45, 2.75) is 32.2 Å². The van der Waals surface area contributed by atoms with Gasteiger partial charge in [0.05, 0.1) is 11.6 Å². The zero-order valence-corrected chi connectivity index (χ0v) is 11.9. The maximum atomic E-state index is 12.2. The summed E-state index contributed by atoms with van der Waals surface area (Å²) in [6.45, 7) is 1.95. The van der Waals surface area contributed by atoms with Crippen molar-refractivity contribution >= 4 is 11.6 Å². The number of nitrogens with two attached hydrogens (primary N) is 1. The number of rotatable bonds is 3. The van der Waals surface area contributed by atoms with Gasteiger partial charge in [-0.3, -0.25) is 4.79 Å². The van der Waals surface area contributed by atoms with Crippen LogP contribution in [0.15, 0.2) is 24.5 Å². The molecule has 2 unspecified atom stereocenters. The van der Waals surface area contributed by atoms with Crippen molar-refractivity contribution < 1.29 is 4.79 Å². The number of benzene rings is 1. The third kappa shape index (κ3) is 2.78. The van der Waals surface area contributed by atoms with Gasteiger partial charge in [-0.2, -0.15) is 0 Å². The number of anilines is 1. The smallest absolute Gasteiger partial charge is 0.229 e. The quantitative estimate of drug-likeness (QED) is 0.878. The lowest BCUT2D eigenvalue weighted by atomic mass is 10.0. The van der Waals surface area contributed by atoms with Crippen LogP contribution in [0.2, 0.25) is 0 Å². The molecule has 7 nitrogen and oxygen atoms in total. The second-order valence-corrected chi connectivity index (χ2v) is 5.45. The van der Waals surface area contributed by atoms with Gasteiger partial charge in [0.15, 0.2) is 0 Å². The predicted molar refractivity (Wildman–Crippen MR) is 77.8 cm³/mol. The minimum Gasteiger partial charge on any atom is -0.327 e. The van der Waals surface area contributed by atoms with Gasteiger partial charge >= 0.3 is 0 Å². The number of nitrogens with one attached hydrogen (secondary N) is 1. The molecule has 7 heteroatoms. The van der Waals surface area contributed by atoms with Crippen LogP contribution < -0.4 is 11.1 Å². The first kappa shape index (κ1) is 13.7. The van der Waals surface area contributed by atoms with E-state index in [0.29, 0.717) is 0 Å². The number of aryl methyl sites for hydroxylation is 1. The van der Waals surface area contributed by atoms with Crippen LogP contribution in [0.3, 0.4) is 0 Å². The molecule has 1 aromatic heterocycles. The average molecular weight is 286 g/mol. The fourth-order valence-electron chi connectivity index (χ4n) is 2.81. The van der Waals surface area contributed by atoms with Crippen LogP contribution in [-0.4, -0.2) is 32.2 Å². The molecule has 1 aromatic carbocycles. The SMILES string of the molecule is Cc1cc(NC(=O)C2CCCC2N)ccc1-n1cnnn1. The largest absolute Gasteiger partial charge is 0.327 e. The highest BCUT2D eigenvalue weighted by Crippen LogP contribution is 2.26. The van der Waals surface area contributed by atoms with Crippen LogP contribution in [0.5, 0.6) is 0 Å². The highest BCUT2D eigenvalue weighted by molar-refractivity contribution is 5.93. The van der Waals surface area contributed by atoms with Gasteiger partial charge in [0.2, 0.25) is 5.91 Å². The van der Waals surface area contributed by atoms with Gasteiger partial charge in [-0.25, -0.2) is 4.68 Å². The minimum atomic E-state index is -0.0792. The lowest BCUT2D eigenvalue weighted by Crippen LogP contribution is -2.34. The van der Waals surface area contributed by atoms with E-state index in [0.717, 1.165) is 36.2 Å². The maximum absolute atomic E-state index is 12.2. The Kier molecular flexibility index (Phi) is 3.66. The first-order valence-electron chi connectivity index (χ1n) is 7.05. The molecule has 0 spiro atoms. The summed E-state index contributed by atoms with van der Waals surface area (Å²) >= 11 is 0. The molecule has 1 aliphatic rings. The number of carbonyl (C=O) groups is 1. The molecule has 1 heterocycles. The van der Waals surface area contributed by atoms with Crippen molar-refractivity contribution in [3.63, 3.8) is 0 Å². The molecule has 0 aliphatic heterocycles. The third-order valence-electron chi connectivity index (χ3n) is 3.97. The van der Waals surface area contributed by atoms with Gasteiger partial charge in [-0.05, 0) is 54.0 Å². The van der Waals surface area contributed by atoms with Crippen molar-refractivity contribution in [2.24, 2.45) is 11.7 Å². The van der Waals surface area contributed by atoms with Gasteiger partial charge < -0.3 is 11.1 Å². The highest BCUT2D eigenvalue weighted by Gasteiger charge is 2.30. The van der Waals surface area contributed by atoms with E-state index >= 15 is 0 Å². The fourth-order valence-corrected chi connectivity index (χ4v) is 2.81. The summed E-state index contributed by atoms with van der Waals surface area (Å²) in [4.78, 5) is 12.2. The first-order chi connectivity index (χ1) is 10.1. The standard InChI is InChI=1S/C14H18N6O/c1-9-7-10(5-6-13(9)20-8-16-18-19-20)17-14(21)11-3-2-4-12(11)15/h5-8,11-12H,2-4,15H2,1H3,(H,17,21). The number of amides is 1. The van der Waals surface area contributed by atoms with Crippen molar-refractivity contribution in [1.29, 1.82) is 0 Å². The molecular formula is C14H18N6O. The van der Waals surface area contributed by atoms with Gasteiger partial charge in [0.1, 0.15) is 6.33 Å².